The summed E-state index contributed by atoms with van der Waals surface area (Å²) >= 11 is 0. The highest BCUT2D eigenvalue weighted by molar-refractivity contribution is 5.49. The molecule has 3 nitrogen and oxygen atoms in total. The second kappa shape index (κ2) is 4.16. The Morgan fingerprint density at radius 2 is 2.11 bits per heavy atom. The summed E-state index contributed by atoms with van der Waals surface area (Å²) in [5.74, 6) is 0.903. The Morgan fingerprint density at radius 3 is 2.83 bits per heavy atom. The molecule has 1 aliphatic carbocycles. The molecule has 94 valence electrons. The van der Waals surface area contributed by atoms with Crippen LogP contribution in [0.15, 0.2) is 29.0 Å². The topological polar surface area (TPSA) is 52.0 Å². The van der Waals surface area contributed by atoms with E-state index in [0.29, 0.717) is 11.6 Å². The first-order valence-electron chi connectivity index (χ1n) is 6.47. The first-order valence-corrected chi connectivity index (χ1v) is 6.47. The average Bonchev–Trinajstić information content (AvgIpc) is 2.76. The molecule has 2 atom stereocenters. The summed E-state index contributed by atoms with van der Waals surface area (Å²) < 4.78 is 5.00. The monoisotopic (exact) mass is 242 g/mol. The molecule has 18 heavy (non-hydrogen) atoms. The van der Waals surface area contributed by atoms with E-state index in [1.807, 2.05) is 0 Å². The smallest absolute Gasteiger partial charge is 0.147 e. The van der Waals surface area contributed by atoms with E-state index in [-0.39, 0.29) is 5.92 Å². The van der Waals surface area contributed by atoms with Gasteiger partial charge in [0.2, 0.25) is 0 Å². The fourth-order valence-electron chi connectivity index (χ4n) is 2.97. The van der Waals surface area contributed by atoms with Crippen molar-refractivity contribution in [2.45, 2.75) is 38.5 Å². The maximum atomic E-state index is 5.94. The summed E-state index contributed by atoms with van der Waals surface area (Å²) in [4.78, 5) is 0. The Hall–Kier alpha value is -1.77. The molecule has 2 N–H and O–H groups in total. The van der Waals surface area contributed by atoms with Crippen molar-refractivity contribution < 1.29 is 4.52 Å². The maximum Gasteiger partial charge on any atom is 0.147 e. The number of fused-ring (bicyclic) bond motifs is 1. The molecule has 0 radical (unpaired) electrons. The second-order valence-corrected chi connectivity index (χ2v) is 5.32. The molecule has 0 saturated heterocycles. The van der Waals surface area contributed by atoms with Crippen LogP contribution in [0.25, 0.3) is 0 Å². The van der Waals surface area contributed by atoms with Gasteiger partial charge in [0.05, 0.1) is 5.69 Å². The first-order chi connectivity index (χ1) is 8.66. The van der Waals surface area contributed by atoms with Gasteiger partial charge in [-0.25, -0.2) is 0 Å². The zero-order chi connectivity index (χ0) is 12.7. The molecule has 2 aromatic rings. The van der Waals surface area contributed by atoms with Gasteiger partial charge in [0.25, 0.3) is 0 Å². The molecule has 1 aromatic heterocycles. The van der Waals surface area contributed by atoms with E-state index in [1.54, 1.807) is 0 Å². The molecular formula is C15H18N2O. The minimum absolute atomic E-state index is 0.287. The number of rotatable bonds is 1. The lowest BCUT2D eigenvalue weighted by atomic mass is 9.75. The zero-order valence-electron chi connectivity index (χ0n) is 10.8. The zero-order valence-corrected chi connectivity index (χ0v) is 10.8. The molecule has 1 heterocycles. The lowest BCUT2D eigenvalue weighted by Gasteiger charge is -2.29. The number of nitrogens with two attached hydrogens (primary N) is 1. The number of aromatic nitrogens is 1. The van der Waals surface area contributed by atoms with Gasteiger partial charge in [-0.15, -0.1) is 0 Å². The molecule has 0 bridgehead atoms. The summed E-state index contributed by atoms with van der Waals surface area (Å²) in [5, 5.41) is 4.09. The predicted molar refractivity (Wildman–Crippen MR) is 71.6 cm³/mol. The first kappa shape index (κ1) is 11.3. The van der Waals surface area contributed by atoms with Gasteiger partial charge in [0, 0.05) is 5.92 Å². The van der Waals surface area contributed by atoms with Crippen LogP contribution >= 0.6 is 0 Å². The molecule has 1 aromatic carbocycles. The molecule has 0 amide bonds. The van der Waals surface area contributed by atoms with Gasteiger partial charge < -0.3 is 10.3 Å². The van der Waals surface area contributed by atoms with E-state index in [2.05, 4.69) is 37.2 Å². The Labute approximate surface area is 107 Å². The molecule has 3 heteroatoms. The van der Waals surface area contributed by atoms with Gasteiger partial charge >= 0.3 is 0 Å². The number of benzene rings is 1. The van der Waals surface area contributed by atoms with Gasteiger partial charge in [-0.2, -0.15) is 0 Å². The van der Waals surface area contributed by atoms with E-state index < -0.39 is 0 Å². The third kappa shape index (κ3) is 1.70. The van der Waals surface area contributed by atoms with Crippen molar-refractivity contribution in [3.8, 4) is 0 Å². The molecule has 0 saturated carbocycles. The molecule has 3 rings (SSSR count). The van der Waals surface area contributed by atoms with Crippen molar-refractivity contribution in [3.63, 3.8) is 0 Å². The fourth-order valence-corrected chi connectivity index (χ4v) is 2.97. The SMILES string of the molecule is Cc1ccc2c(c1)C(c1nocc1N)CCC2C. The van der Waals surface area contributed by atoms with Crippen LogP contribution in [-0.4, -0.2) is 5.16 Å². The minimum atomic E-state index is 0.287. The highest BCUT2D eigenvalue weighted by Crippen LogP contribution is 2.43. The van der Waals surface area contributed by atoms with Crippen LogP contribution < -0.4 is 5.73 Å². The summed E-state index contributed by atoms with van der Waals surface area (Å²) in [6, 6.07) is 6.70. The lowest BCUT2D eigenvalue weighted by molar-refractivity contribution is 0.402. The molecule has 1 aliphatic rings. The largest absolute Gasteiger partial charge is 0.395 e. The average molecular weight is 242 g/mol. The van der Waals surface area contributed by atoms with Crippen LogP contribution in [-0.2, 0) is 0 Å². The van der Waals surface area contributed by atoms with Crippen molar-refractivity contribution in [3.05, 3.63) is 46.8 Å². The van der Waals surface area contributed by atoms with Crippen LogP contribution in [0.4, 0.5) is 5.69 Å². The van der Waals surface area contributed by atoms with Crippen molar-refractivity contribution in [2.24, 2.45) is 0 Å². The molecule has 2 unspecified atom stereocenters. The Bertz CT molecular complexity index is 574. The third-order valence-corrected chi connectivity index (χ3v) is 3.99. The van der Waals surface area contributed by atoms with E-state index in [4.69, 9.17) is 10.3 Å². The Balaban J connectivity index is 2.13. The van der Waals surface area contributed by atoms with Crippen LogP contribution in [0.1, 0.15) is 54.0 Å². The number of aryl methyl sites for hydroxylation is 1. The fraction of sp³-hybridized carbons (Fsp3) is 0.400. The summed E-state index contributed by atoms with van der Waals surface area (Å²) in [7, 11) is 0. The van der Waals surface area contributed by atoms with Crippen molar-refractivity contribution in [1.29, 1.82) is 0 Å². The number of nitrogens with zero attached hydrogens (tertiary/aromatic N) is 1. The van der Waals surface area contributed by atoms with Gasteiger partial charge in [-0.3, -0.25) is 0 Å². The molecule has 0 fully saturated rings. The lowest BCUT2D eigenvalue weighted by Crippen LogP contribution is -2.15. The second-order valence-electron chi connectivity index (χ2n) is 5.32. The quantitative estimate of drug-likeness (QED) is 0.831. The predicted octanol–water partition coefficient (Wildman–Crippen LogP) is 3.59. The van der Waals surface area contributed by atoms with Crippen molar-refractivity contribution >= 4 is 5.69 Å². The van der Waals surface area contributed by atoms with E-state index in [0.717, 1.165) is 12.1 Å². The molecular weight excluding hydrogens is 224 g/mol. The highest BCUT2D eigenvalue weighted by atomic mass is 16.5. The third-order valence-electron chi connectivity index (χ3n) is 3.99. The molecule has 0 aliphatic heterocycles. The van der Waals surface area contributed by atoms with Crippen LogP contribution in [0, 0.1) is 6.92 Å². The normalized spacial score (nSPS) is 22.8. The van der Waals surface area contributed by atoms with Gasteiger partial charge in [0.1, 0.15) is 12.0 Å². The summed E-state index contributed by atoms with van der Waals surface area (Å²) in [6.45, 7) is 4.42. The van der Waals surface area contributed by atoms with Crippen molar-refractivity contribution in [1.82, 2.24) is 5.16 Å². The van der Waals surface area contributed by atoms with E-state index in [1.165, 1.54) is 29.4 Å². The molecule has 0 spiro atoms. The number of nitrogen functional groups attached to an aromatic ring is 1. The van der Waals surface area contributed by atoms with Crippen molar-refractivity contribution in [2.75, 3.05) is 5.73 Å². The van der Waals surface area contributed by atoms with Gasteiger partial charge in [0.15, 0.2) is 0 Å². The number of hydrogen-bond donors (Lipinski definition) is 1. The summed E-state index contributed by atoms with van der Waals surface area (Å²) in [6.07, 6.45) is 3.80. The van der Waals surface area contributed by atoms with E-state index >= 15 is 0 Å². The van der Waals surface area contributed by atoms with Gasteiger partial charge in [-0.1, -0.05) is 35.8 Å². The highest BCUT2D eigenvalue weighted by Gasteiger charge is 2.29. The number of anilines is 1. The minimum Gasteiger partial charge on any atom is -0.395 e. The van der Waals surface area contributed by atoms with Gasteiger partial charge in [-0.05, 0) is 36.8 Å². The Morgan fingerprint density at radius 1 is 1.28 bits per heavy atom. The van der Waals surface area contributed by atoms with Crippen LogP contribution in [0.2, 0.25) is 0 Å². The maximum absolute atomic E-state index is 5.94. The standard InChI is InChI=1S/C15H18N2O/c1-9-3-5-11-10(2)4-6-12(13(11)7-9)15-14(16)8-18-17-15/h3,5,7-8,10,12H,4,6,16H2,1-2H3. The number of hydrogen-bond acceptors (Lipinski definition) is 3. The van der Waals surface area contributed by atoms with Crippen LogP contribution in [0.5, 0.6) is 0 Å². The Kier molecular flexibility index (Phi) is 2.62. The van der Waals surface area contributed by atoms with E-state index in [9.17, 15) is 0 Å². The van der Waals surface area contributed by atoms with Crippen LogP contribution in [0.3, 0.4) is 0 Å². The summed E-state index contributed by atoms with van der Waals surface area (Å²) in [5.41, 5.74) is 11.6.